The van der Waals surface area contributed by atoms with E-state index in [4.69, 9.17) is 14.2 Å². The second kappa shape index (κ2) is 8.75. The summed E-state index contributed by atoms with van der Waals surface area (Å²) >= 11 is 0. The van der Waals surface area contributed by atoms with Crippen LogP contribution in [0.4, 0.5) is 4.39 Å². The first-order valence-electron chi connectivity index (χ1n) is 9.02. The van der Waals surface area contributed by atoms with Crippen molar-refractivity contribution in [3.05, 3.63) is 53.8 Å². The largest absolute Gasteiger partial charge is 0.497 e. The van der Waals surface area contributed by atoms with Gasteiger partial charge in [0.2, 0.25) is 5.91 Å². The molecule has 2 aromatic carbocycles. The van der Waals surface area contributed by atoms with Gasteiger partial charge in [0.15, 0.2) is 0 Å². The normalized spacial score (nSPS) is 16.3. The molecular formula is C21H24FNO4. The summed E-state index contributed by atoms with van der Waals surface area (Å²) < 4.78 is 29.2. The molecule has 1 amide bonds. The van der Waals surface area contributed by atoms with E-state index in [1.165, 1.54) is 12.1 Å². The van der Waals surface area contributed by atoms with Gasteiger partial charge in [-0.2, -0.15) is 0 Å². The standard InChI is InChI=1S/C21H24FNO4/c1-25-17-9-10-18(20(14-17)26-2)19-4-3-12-23(19)21(24)11-13-27-16-7-5-15(22)6-8-16/h5-10,14,19H,3-4,11-13H2,1-2H3. The summed E-state index contributed by atoms with van der Waals surface area (Å²) in [6.45, 7) is 0.975. The molecule has 1 atom stereocenters. The number of amides is 1. The van der Waals surface area contributed by atoms with E-state index < -0.39 is 0 Å². The van der Waals surface area contributed by atoms with Crippen LogP contribution in [0.1, 0.15) is 30.9 Å². The fourth-order valence-electron chi connectivity index (χ4n) is 3.41. The van der Waals surface area contributed by atoms with Crippen molar-refractivity contribution in [1.29, 1.82) is 0 Å². The highest BCUT2D eigenvalue weighted by molar-refractivity contribution is 5.77. The molecular weight excluding hydrogens is 349 g/mol. The number of hydrogen-bond acceptors (Lipinski definition) is 4. The van der Waals surface area contributed by atoms with Gasteiger partial charge in [0.25, 0.3) is 0 Å². The number of halogens is 1. The molecule has 1 saturated heterocycles. The Bertz CT molecular complexity index is 778. The maximum atomic E-state index is 12.9. The summed E-state index contributed by atoms with van der Waals surface area (Å²) in [6.07, 6.45) is 2.12. The molecule has 2 aromatic rings. The fraction of sp³-hybridized carbons (Fsp3) is 0.381. The highest BCUT2D eigenvalue weighted by Gasteiger charge is 2.31. The van der Waals surface area contributed by atoms with Crippen LogP contribution < -0.4 is 14.2 Å². The Hall–Kier alpha value is -2.76. The molecule has 5 nitrogen and oxygen atoms in total. The Morgan fingerprint density at radius 3 is 2.56 bits per heavy atom. The molecule has 144 valence electrons. The van der Waals surface area contributed by atoms with Gasteiger partial charge in [-0.05, 0) is 49.2 Å². The zero-order chi connectivity index (χ0) is 19.2. The van der Waals surface area contributed by atoms with E-state index in [1.54, 1.807) is 26.4 Å². The Labute approximate surface area is 158 Å². The van der Waals surface area contributed by atoms with Gasteiger partial charge >= 0.3 is 0 Å². The lowest BCUT2D eigenvalue weighted by atomic mass is 10.0. The second-order valence-electron chi connectivity index (χ2n) is 6.41. The molecule has 0 aromatic heterocycles. The van der Waals surface area contributed by atoms with E-state index in [0.29, 0.717) is 5.75 Å². The summed E-state index contributed by atoms with van der Waals surface area (Å²) in [5, 5.41) is 0. The second-order valence-corrected chi connectivity index (χ2v) is 6.41. The predicted molar refractivity (Wildman–Crippen MR) is 99.7 cm³/mol. The quantitative estimate of drug-likeness (QED) is 0.737. The van der Waals surface area contributed by atoms with E-state index in [1.807, 2.05) is 23.1 Å². The minimum atomic E-state index is -0.313. The molecule has 0 N–H and O–H groups in total. The van der Waals surface area contributed by atoms with Gasteiger partial charge in [0.1, 0.15) is 23.1 Å². The molecule has 0 aliphatic carbocycles. The van der Waals surface area contributed by atoms with Gasteiger partial charge in [-0.3, -0.25) is 4.79 Å². The minimum Gasteiger partial charge on any atom is -0.497 e. The molecule has 0 saturated carbocycles. The van der Waals surface area contributed by atoms with Crippen molar-refractivity contribution in [2.45, 2.75) is 25.3 Å². The van der Waals surface area contributed by atoms with Crippen LogP contribution in [0.3, 0.4) is 0 Å². The first-order chi connectivity index (χ1) is 13.1. The maximum Gasteiger partial charge on any atom is 0.226 e. The lowest BCUT2D eigenvalue weighted by molar-refractivity contribution is -0.132. The van der Waals surface area contributed by atoms with E-state index in [2.05, 4.69) is 0 Å². The first-order valence-corrected chi connectivity index (χ1v) is 9.02. The van der Waals surface area contributed by atoms with Crippen molar-refractivity contribution in [3.63, 3.8) is 0 Å². The van der Waals surface area contributed by atoms with E-state index in [-0.39, 0.29) is 30.8 Å². The molecule has 1 aliphatic rings. The zero-order valence-electron chi connectivity index (χ0n) is 15.6. The van der Waals surface area contributed by atoms with Crippen LogP contribution in [0, 0.1) is 5.82 Å². The van der Waals surface area contributed by atoms with Crippen molar-refractivity contribution in [2.24, 2.45) is 0 Å². The number of carbonyl (C=O) groups excluding carboxylic acids is 1. The van der Waals surface area contributed by atoms with Crippen molar-refractivity contribution in [2.75, 3.05) is 27.4 Å². The third kappa shape index (κ3) is 4.51. The van der Waals surface area contributed by atoms with E-state index >= 15 is 0 Å². The monoisotopic (exact) mass is 373 g/mol. The van der Waals surface area contributed by atoms with Crippen LogP contribution in [0.25, 0.3) is 0 Å². The average molecular weight is 373 g/mol. The Balaban J connectivity index is 1.63. The molecule has 27 heavy (non-hydrogen) atoms. The summed E-state index contributed by atoms with van der Waals surface area (Å²) in [4.78, 5) is 14.6. The van der Waals surface area contributed by atoms with Crippen molar-refractivity contribution >= 4 is 5.91 Å². The van der Waals surface area contributed by atoms with Crippen molar-refractivity contribution < 1.29 is 23.4 Å². The number of rotatable bonds is 7. The number of ether oxygens (including phenoxy) is 3. The average Bonchev–Trinajstić information content (AvgIpc) is 3.18. The Kier molecular flexibility index (Phi) is 6.16. The number of carbonyl (C=O) groups is 1. The van der Waals surface area contributed by atoms with Gasteiger partial charge in [-0.15, -0.1) is 0 Å². The van der Waals surface area contributed by atoms with Gasteiger partial charge < -0.3 is 19.1 Å². The number of methoxy groups -OCH3 is 2. The molecule has 3 rings (SSSR count). The molecule has 1 heterocycles. The number of hydrogen-bond donors (Lipinski definition) is 0. The van der Waals surface area contributed by atoms with Crippen molar-refractivity contribution in [1.82, 2.24) is 4.90 Å². The third-order valence-electron chi connectivity index (χ3n) is 4.77. The van der Waals surface area contributed by atoms with Gasteiger partial charge in [-0.25, -0.2) is 4.39 Å². The fourth-order valence-corrected chi connectivity index (χ4v) is 3.41. The summed E-state index contributed by atoms with van der Waals surface area (Å²) in [7, 11) is 3.23. The molecule has 1 unspecified atom stereocenters. The van der Waals surface area contributed by atoms with Crippen LogP contribution in [0.2, 0.25) is 0 Å². The summed E-state index contributed by atoms with van der Waals surface area (Å²) in [6, 6.07) is 11.5. The summed E-state index contributed by atoms with van der Waals surface area (Å²) in [5.74, 6) is 1.73. The predicted octanol–water partition coefficient (Wildman–Crippen LogP) is 3.98. The van der Waals surface area contributed by atoms with E-state index in [9.17, 15) is 9.18 Å². The lowest BCUT2D eigenvalue weighted by Gasteiger charge is -2.26. The van der Waals surface area contributed by atoms with Crippen LogP contribution >= 0.6 is 0 Å². The smallest absolute Gasteiger partial charge is 0.226 e. The topological polar surface area (TPSA) is 48.0 Å². The molecule has 0 bridgehead atoms. The Morgan fingerprint density at radius 1 is 1.11 bits per heavy atom. The SMILES string of the molecule is COc1ccc(C2CCCN2C(=O)CCOc2ccc(F)cc2)c(OC)c1. The van der Waals surface area contributed by atoms with Crippen LogP contribution in [0.5, 0.6) is 17.2 Å². The van der Waals surface area contributed by atoms with Crippen LogP contribution in [-0.2, 0) is 4.79 Å². The first kappa shape index (κ1) is 19.0. The van der Waals surface area contributed by atoms with Gasteiger partial charge in [-0.1, -0.05) is 0 Å². The Morgan fingerprint density at radius 2 is 1.85 bits per heavy atom. The lowest BCUT2D eigenvalue weighted by Crippen LogP contribution is -2.31. The summed E-state index contributed by atoms with van der Waals surface area (Å²) in [5.41, 5.74) is 0.989. The van der Waals surface area contributed by atoms with Gasteiger partial charge in [0, 0.05) is 18.2 Å². The molecule has 0 radical (unpaired) electrons. The zero-order valence-corrected chi connectivity index (χ0v) is 15.6. The molecule has 1 fully saturated rings. The minimum absolute atomic E-state index is 0.0100. The van der Waals surface area contributed by atoms with E-state index in [0.717, 1.165) is 36.4 Å². The maximum absolute atomic E-state index is 12.9. The van der Waals surface area contributed by atoms with Crippen molar-refractivity contribution in [3.8, 4) is 17.2 Å². The third-order valence-corrected chi connectivity index (χ3v) is 4.77. The number of nitrogens with zero attached hydrogens (tertiary/aromatic N) is 1. The van der Waals surface area contributed by atoms with Crippen LogP contribution in [-0.4, -0.2) is 38.2 Å². The highest BCUT2D eigenvalue weighted by Crippen LogP contribution is 2.38. The van der Waals surface area contributed by atoms with Gasteiger partial charge in [0.05, 0.1) is 33.3 Å². The highest BCUT2D eigenvalue weighted by atomic mass is 19.1. The van der Waals surface area contributed by atoms with Crippen LogP contribution in [0.15, 0.2) is 42.5 Å². The number of likely N-dealkylation sites (tertiary alicyclic amines) is 1. The molecule has 6 heteroatoms. The number of benzene rings is 2. The molecule has 1 aliphatic heterocycles. The molecule has 0 spiro atoms.